The third kappa shape index (κ3) is 3.50. The van der Waals surface area contributed by atoms with Gasteiger partial charge in [-0.05, 0) is 0 Å². The minimum Gasteiger partial charge on any atom is -0.202 e. The second-order valence-corrected chi connectivity index (χ2v) is 4.50. The van der Waals surface area contributed by atoms with Crippen molar-refractivity contribution in [2.75, 3.05) is 0 Å². The van der Waals surface area contributed by atoms with Crippen LogP contribution in [0.4, 0.5) is 79.0 Å². The van der Waals surface area contributed by atoms with E-state index in [9.17, 15) is 79.0 Å². The van der Waals surface area contributed by atoms with Crippen LogP contribution >= 0.6 is 0 Å². The molecule has 0 aliphatic rings. The van der Waals surface area contributed by atoms with Crippen LogP contribution in [0, 0.1) is 0 Å². The van der Waals surface area contributed by atoms with Gasteiger partial charge in [0, 0.05) is 0 Å². The van der Waals surface area contributed by atoms with Crippen molar-refractivity contribution in [1.82, 2.24) is 0 Å². The second-order valence-electron chi connectivity index (χ2n) is 4.50. The van der Waals surface area contributed by atoms with Crippen molar-refractivity contribution in [3.63, 3.8) is 0 Å². The molecule has 0 aliphatic carbocycles. The van der Waals surface area contributed by atoms with Crippen molar-refractivity contribution in [1.29, 1.82) is 0 Å². The van der Waals surface area contributed by atoms with Gasteiger partial charge in [-0.1, -0.05) is 0 Å². The van der Waals surface area contributed by atoms with Gasteiger partial charge in [0.15, 0.2) is 0 Å². The Balaban J connectivity index is 6.63. The van der Waals surface area contributed by atoms with E-state index in [-0.39, 0.29) is 0 Å². The molecule has 0 N–H and O–H groups in total. The van der Waals surface area contributed by atoms with Crippen LogP contribution < -0.4 is 0 Å². The Morgan fingerprint density at radius 3 is 0.889 bits per heavy atom. The van der Waals surface area contributed by atoms with E-state index in [4.69, 9.17) is 0 Å². The lowest BCUT2D eigenvalue weighted by atomic mass is 9.96. The van der Waals surface area contributed by atoms with E-state index >= 15 is 0 Å². The van der Waals surface area contributed by atoms with Crippen molar-refractivity contribution < 1.29 is 79.0 Å². The Labute approximate surface area is 134 Å². The lowest BCUT2D eigenvalue weighted by molar-refractivity contribution is -0.419. The van der Waals surface area contributed by atoms with Crippen molar-refractivity contribution in [2.45, 2.75) is 42.0 Å². The fourth-order valence-corrected chi connectivity index (χ4v) is 1.11. The molecule has 0 nitrogen and oxygen atoms in total. The lowest BCUT2D eigenvalue weighted by Gasteiger charge is -2.36. The van der Waals surface area contributed by atoms with Crippen LogP contribution in [-0.2, 0) is 0 Å². The zero-order valence-electron chi connectivity index (χ0n) is 11.3. The molecular formula is C9F18. The van der Waals surface area contributed by atoms with Gasteiger partial charge in [-0.3, -0.25) is 0 Å². The normalized spacial score (nSPS) is 17.1. The van der Waals surface area contributed by atoms with Gasteiger partial charge < -0.3 is 0 Å². The summed E-state index contributed by atoms with van der Waals surface area (Å²) in [5.41, 5.74) is 0. The summed E-state index contributed by atoms with van der Waals surface area (Å²) in [7, 11) is 0. The first-order chi connectivity index (χ1) is 11.3. The maximum absolute atomic E-state index is 12.9. The Hall–Kier alpha value is -1.52. The maximum Gasteiger partial charge on any atom is 0.460 e. The summed E-state index contributed by atoms with van der Waals surface area (Å²) >= 11 is 0. The molecule has 0 saturated heterocycles. The number of rotatable bonds is 5. The number of alkyl halides is 16. The molecule has 0 aromatic carbocycles. The van der Waals surface area contributed by atoms with Gasteiger partial charge in [0.1, 0.15) is 0 Å². The summed E-state index contributed by atoms with van der Waals surface area (Å²) < 4.78 is 222. The molecule has 0 spiro atoms. The molecule has 0 aliphatic heterocycles. The first-order valence-electron chi connectivity index (χ1n) is 5.40. The third-order valence-electron chi connectivity index (χ3n) is 2.64. The second kappa shape index (κ2) is 6.25. The molecule has 0 heterocycles. The molecular weight excluding hydrogens is 450 g/mol. The number of hydrogen-bond donors (Lipinski definition) is 0. The molecule has 18 heteroatoms. The van der Waals surface area contributed by atoms with Gasteiger partial charge in [-0.2, -0.15) is 70.2 Å². The van der Waals surface area contributed by atoms with E-state index in [1.807, 2.05) is 0 Å². The van der Waals surface area contributed by atoms with E-state index in [2.05, 4.69) is 0 Å². The molecule has 0 bridgehead atoms. The summed E-state index contributed by atoms with van der Waals surface area (Å²) in [6.07, 6.45) is -15.0. The minimum absolute atomic E-state index is 5.16. The third-order valence-corrected chi connectivity index (χ3v) is 2.64. The van der Waals surface area contributed by atoms with Crippen LogP contribution in [0.15, 0.2) is 11.7 Å². The van der Waals surface area contributed by atoms with Gasteiger partial charge in [0.05, 0.1) is 0 Å². The SMILES string of the molecule is FC(=C(F)C(F)(F)C(F)(F)C(F)(F)C(F)(F)C(F)(F)F)C(F)(F)C(F)(F)F. The predicted molar refractivity (Wildman–Crippen MR) is 46.1 cm³/mol. The summed E-state index contributed by atoms with van der Waals surface area (Å²) in [5.74, 6) is -50.6. The minimum atomic E-state index is -8.33. The molecule has 0 aromatic rings. The van der Waals surface area contributed by atoms with Gasteiger partial charge in [-0.25, -0.2) is 8.78 Å². The van der Waals surface area contributed by atoms with E-state index < -0.39 is 53.6 Å². The summed E-state index contributed by atoms with van der Waals surface area (Å²) in [5, 5.41) is 0. The monoisotopic (exact) mass is 450 g/mol. The van der Waals surface area contributed by atoms with Crippen LogP contribution in [-0.4, -0.2) is 42.0 Å². The van der Waals surface area contributed by atoms with Crippen LogP contribution in [0.1, 0.15) is 0 Å². The Bertz CT molecular complexity index is 585. The molecule has 0 rings (SSSR count). The Kier molecular flexibility index (Phi) is 5.90. The molecule has 0 unspecified atom stereocenters. The summed E-state index contributed by atoms with van der Waals surface area (Å²) in [4.78, 5) is 0. The number of halogens is 18. The molecule has 0 saturated carbocycles. The summed E-state index contributed by atoms with van der Waals surface area (Å²) in [6.45, 7) is 0. The first kappa shape index (κ1) is 25.5. The smallest absolute Gasteiger partial charge is 0.202 e. The number of allylic oxidation sites excluding steroid dienone is 2. The Morgan fingerprint density at radius 2 is 0.630 bits per heavy atom. The highest BCUT2D eigenvalue weighted by Crippen LogP contribution is 2.60. The van der Waals surface area contributed by atoms with Crippen molar-refractivity contribution in [3.05, 3.63) is 11.7 Å². The Morgan fingerprint density at radius 1 is 0.333 bits per heavy atom. The average Bonchev–Trinajstić information content (AvgIpc) is 2.42. The lowest BCUT2D eigenvalue weighted by Crippen LogP contribution is -2.66. The molecule has 0 atom stereocenters. The maximum atomic E-state index is 12.9. The highest BCUT2D eigenvalue weighted by atomic mass is 19.4. The molecule has 162 valence electrons. The van der Waals surface area contributed by atoms with Crippen molar-refractivity contribution >= 4 is 0 Å². The fourth-order valence-electron chi connectivity index (χ4n) is 1.11. The highest BCUT2D eigenvalue weighted by molar-refractivity contribution is 5.24. The van der Waals surface area contributed by atoms with Gasteiger partial charge in [-0.15, -0.1) is 0 Å². The molecule has 0 aromatic heterocycles. The molecule has 0 fully saturated rings. The zero-order chi connectivity index (χ0) is 22.7. The molecule has 27 heavy (non-hydrogen) atoms. The zero-order valence-corrected chi connectivity index (χ0v) is 11.3. The van der Waals surface area contributed by atoms with E-state index in [1.54, 1.807) is 0 Å². The van der Waals surface area contributed by atoms with E-state index in [0.717, 1.165) is 0 Å². The predicted octanol–water partition coefficient (Wildman–Crippen LogP) is 6.44. The van der Waals surface area contributed by atoms with Crippen molar-refractivity contribution in [3.8, 4) is 0 Å². The average molecular weight is 450 g/mol. The summed E-state index contributed by atoms with van der Waals surface area (Å²) in [6, 6.07) is 0. The van der Waals surface area contributed by atoms with Gasteiger partial charge in [0.2, 0.25) is 11.7 Å². The van der Waals surface area contributed by atoms with Crippen LogP contribution in [0.5, 0.6) is 0 Å². The number of hydrogen-bond acceptors (Lipinski definition) is 0. The van der Waals surface area contributed by atoms with Crippen LogP contribution in [0.3, 0.4) is 0 Å². The van der Waals surface area contributed by atoms with Crippen molar-refractivity contribution in [2.24, 2.45) is 0 Å². The topological polar surface area (TPSA) is 0 Å². The van der Waals surface area contributed by atoms with Gasteiger partial charge in [0.25, 0.3) is 0 Å². The van der Waals surface area contributed by atoms with Crippen LogP contribution in [0.25, 0.3) is 0 Å². The van der Waals surface area contributed by atoms with E-state index in [0.29, 0.717) is 0 Å². The van der Waals surface area contributed by atoms with Gasteiger partial charge >= 0.3 is 42.0 Å². The van der Waals surface area contributed by atoms with Crippen LogP contribution in [0.2, 0.25) is 0 Å². The molecule has 0 radical (unpaired) electrons. The highest BCUT2D eigenvalue weighted by Gasteiger charge is 2.88. The quantitative estimate of drug-likeness (QED) is 0.424. The standard InChI is InChI=1S/C9F18/c10-1(2(11)4(14,15)8(22,23)24)3(12,13)5(16,17)6(18,19)7(20,21)9(25,26)27. The molecule has 0 amide bonds. The fraction of sp³-hybridized carbons (Fsp3) is 0.778. The largest absolute Gasteiger partial charge is 0.460 e. The van der Waals surface area contributed by atoms with E-state index in [1.165, 1.54) is 0 Å². The first-order valence-corrected chi connectivity index (χ1v) is 5.40.